The predicted molar refractivity (Wildman–Crippen MR) is 76.3 cm³/mol. The zero-order valence-electron chi connectivity index (χ0n) is 11.8. The topological polar surface area (TPSA) is 49.5 Å². The Labute approximate surface area is 111 Å². The summed E-state index contributed by atoms with van der Waals surface area (Å²) in [5.41, 5.74) is 5.76. The van der Waals surface area contributed by atoms with Crippen LogP contribution < -0.4 is 5.73 Å². The highest BCUT2D eigenvalue weighted by atomic mass is 16.3. The summed E-state index contributed by atoms with van der Waals surface area (Å²) in [6.07, 6.45) is 0.663. The van der Waals surface area contributed by atoms with E-state index in [4.69, 9.17) is 5.73 Å². The van der Waals surface area contributed by atoms with E-state index in [1.54, 1.807) is 0 Å². The van der Waals surface area contributed by atoms with Gasteiger partial charge in [-0.15, -0.1) is 0 Å². The second-order valence-corrected chi connectivity index (χ2v) is 5.51. The lowest BCUT2D eigenvalue weighted by molar-refractivity contribution is 0.0272. The molecule has 0 saturated heterocycles. The zero-order valence-corrected chi connectivity index (χ0v) is 11.8. The van der Waals surface area contributed by atoms with Crippen LogP contribution in [0.4, 0.5) is 0 Å². The Hall–Kier alpha value is -0.900. The summed E-state index contributed by atoms with van der Waals surface area (Å²) in [5, 5.41) is 10.6. The van der Waals surface area contributed by atoms with Crippen LogP contribution in [0.5, 0.6) is 0 Å². The fourth-order valence-electron chi connectivity index (χ4n) is 2.20. The lowest BCUT2D eigenvalue weighted by atomic mass is 9.90. The molecule has 102 valence electrons. The molecule has 1 rings (SSSR count). The van der Waals surface area contributed by atoms with E-state index in [1.165, 1.54) is 0 Å². The van der Waals surface area contributed by atoms with Crippen molar-refractivity contribution in [2.45, 2.75) is 25.9 Å². The molecule has 0 aliphatic heterocycles. The fourth-order valence-corrected chi connectivity index (χ4v) is 2.20. The van der Waals surface area contributed by atoms with Gasteiger partial charge in [0.2, 0.25) is 0 Å². The summed E-state index contributed by atoms with van der Waals surface area (Å²) in [7, 11) is 2.09. The number of nitrogens with zero attached hydrogens (tertiary/aromatic N) is 1. The predicted octanol–water partition coefficient (Wildman–Crippen LogP) is 1.81. The van der Waals surface area contributed by atoms with Crippen molar-refractivity contribution in [2.75, 3.05) is 26.7 Å². The number of aliphatic hydroxyl groups is 1. The fraction of sp³-hybridized carbons (Fsp3) is 0.600. The van der Waals surface area contributed by atoms with Crippen molar-refractivity contribution in [3.05, 3.63) is 35.9 Å². The van der Waals surface area contributed by atoms with E-state index in [9.17, 15) is 5.11 Å². The maximum Gasteiger partial charge on any atom is 0.103 e. The van der Waals surface area contributed by atoms with Gasteiger partial charge in [0.05, 0.1) is 0 Å². The van der Waals surface area contributed by atoms with Crippen molar-refractivity contribution in [1.29, 1.82) is 0 Å². The van der Waals surface area contributed by atoms with Crippen LogP contribution in [0.3, 0.4) is 0 Å². The van der Waals surface area contributed by atoms with E-state index in [0.29, 0.717) is 12.3 Å². The van der Waals surface area contributed by atoms with E-state index in [0.717, 1.165) is 18.7 Å². The van der Waals surface area contributed by atoms with Gasteiger partial charge in [-0.05, 0) is 24.9 Å². The molecular formula is C15H26N2O. The van der Waals surface area contributed by atoms with Crippen molar-refractivity contribution in [3.63, 3.8) is 0 Å². The maximum absolute atomic E-state index is 10.6. The highest BCUT2D eigenvalue weighted by Crippen LogP contribution is 2.23. The summed E-state index contributed by atoms with van der Waals surface area (Å²) in [4.78, 5) is 2.24. The van der Waals surface area contributed by atoms with Crippen LogP contribution in [0.15, 0.2) is 30.3 Å². The van der Waals surface area contributed by atoms with Crippen LogP contribution in [-0.4, -0.2) is 36.7 Å². The summed E-state index contributed by atoms with van der Waals surface area (Å²) in [6.45, 7) is 6.54. The van der Waals surface area contributed by atoms with Gasteiger partial charge in [-0.25, -0.2) is 0 Å². The van der Waals surface area contributed by atoms with E-state index >= 15 is 0 Å². The molecule has 0 bridgehead atoms. The molecule has 0 heterocycles. The third-order valence-corrected chi connectivity index (χ3v) is 3.23. The normalized spacial score (nSPS) is 15.1. The highest BCUT2D eigenvalue weighted by molar-refractivity contribution is 5.22. The molecule has 0 spiro atoms. The van der Waals surface area contributed by atoms with Crippen LogP contribution in [-0.2, 0) is 5.60 Å². The van der Waals surface area contributed by atoms with E-state index in [2.05, 4.69) is 25.8 Å². The largest absolute Gasteiger partial charge is 0.384 e. The van der Waals surface area contributed by atoms with Gasteiger partial charge < -0.3 is 15.7 Å². The first kappa shape index (κ1) is 15.2. The molecule has 0 saturated carbocycles. The molecule has 1 aromatic rings. The molecule has 0 radical (unpaired) electrons. The molecule has 0 fully saturated rings. The van der Waals surface area contributed by atoms with Crippen molar-refractivity contribution in [2.24, 2.45) is 11.7 Å². The van der Waals surface area contributed by atoms with Crippen LogP contribution in [0.2, 0.25) is 0 Å². The Morgan fingerprint density at radius 3 is 2.39 bits per heavy atom. The molecular weight excluding hydrogens is 224 g/mol. The minimum absolute atomic E-state index is 0.256. The molecule has 1 unspecified atom stereocenters. The third kappa shape index (κ3) is 4.41. The summed E-state index contributed by atoms with van der Waals surface area (Å²) in [6, 6.07) is 9.71. The molecule has 18 heavy (non-hydrogen) atoms. The van der Waals surface area contributed by atoms with Gasteiger partial charge in [0.25, 0.3) is 0 Å². The number of hydrogen-bond acceptors (Lipinski definition) is 3. The van der Waals surface area contributed by atoms with Gasteiger partial charge in [-0.1, -0.05) is 44.2 Å². The zero-order chi connectivity index (χ0) is 13.6. The molecule has 3 nitrogen and oxygen atoms in total. The van der Waals surface area contributed by atoms with Crippen molar-refractivity contribution in [3.8, 4) is 0 Å². The molecule has 0 aliphatic carbocycles. The van der Waals surface area contributed by atoms with Crippen molar-refractivity contribution in [1.82, 2.24) is 4.90 Å². The molecule has 0 aromatic heterocycles. The number of rotatable bonds is 7. The number of benzene rings is 1. The van der Waals surface area contributed by atoms with Crippen molar-refractivity contribution >= 4 is 0 Å². The maximum atomic E-state index is 10.6. The second-order valence-electron chi connectivity index (χ2n) is 5.51. The molecule has 1 atom stereocenters. The van der Waals surface area contributed by atoms with Crippen LogP contribution in [0, 0.1) is 5.92 Å². The van der Waals surface area contributed by atoms with Crippen LogP contribution in [0.1, 0.15) is 25.8 Å². The smallest absolute Gasteiger partial charge is 0.103 e. The average Bonchev–Trinajstić information content (AvgIpc) is 2.36. The lowest BCUT2D eigenvalue weighted by Gasteiger charge is -2.30. The van der Waals surface area contributed by atoms with Gasteiger partial charge in [0.1, 0.15) is 5.60 Å². The van der Waals surface area contributed by atoms with Gasteiger partial charge in [-0.3, -0.25) is 0 Å². The van der Waals surface area contributed by atoms with E-state index in [-0.39, 0.29) is 6.54 Å². The highest BCUT2D eigenvalue weighted by Gasteiger charge is 2.27. The monoisotopic (exact) mass is 250 g/mol. The molecule has 0 amide bonds. The Kier molecular flexibility index (Phi) is 5.79. The number of hydrogen-bond donors (Lipinski definition) is 2. The van der Waals surface area contributed by atoms with Gasteiger partial charge in [-0.2, -0.15) is 0 Å². The quantitative estimate of drug-likeness (QED) is 0.776. The molecule has 3 heteroatoms. The first-order valence-electron chi connectivity index (χ1n) is 6.64. The molecule has 3 N–H and O–H groups in total. The molecule has 0 aliphatic rings. The molecule has 1 aromatic carbocycles. The summed E-state index contributed by atoms with van der Waals surface area (Å²) in [5.74, 6) is 0.637. The first-order valence-corrected chi connectivity index (χ1v) is 6.64. The minimum atomic E-state index is -0.910. The first-order chi connectivity index (χ1) is 8.48. The summed E-state index contributed by atoms with van der Waals surface area (Å²) >= 11 is 0. The Morgan fingerprint density at radius 2 is 1.89 bits per heavy atom. The summed E-state index contributed by atoms with van der Waals surface area (Å²) < 4.78 is 0. The van der Waals surface area contributed by atoms with E-state index < -0.39 is 5.60 Å². The van der Waals surface area contributed by atoms with Gasteiger partial charge in [0.15, 0.2) is 0 Å². The third-order valence-electron chi connectivity index (χ3n) is 3.23. The Morgan fingerprint density at radius 1 is 1.28 bits per heavy atom. The van der Waals surface area contributed by atoms with Gasteiger partial charge >= 0.3 is 0 Å². The average molecular weight is 250 g/mol. The number of nitrogens with two attached hydrogens (primary N) is 1. The minimum Gasteiger partial charge on any atom is -0.384 e. The second kappa shape index (κ2) is 6.88. The SMILES string of the molecule is CC(C)CN(C)CCC(O)(CN)c1ccccc1. The van der Waals surface area contributed by atoms with Crippen molar-refractivity contribution < 1.29 is 5.11 Å². The lowest BCUT2D eigenvalue weighted by Crippen LogP contribution is -2.38. The standard InChI is InChI=1S/C15H26N2O/c1-13(2)11-17(3)10-9-15(18,12-16)14-7-5-4-6-8-14/h4-8,13,18H,9-12,16H2,1-3H3. The Balaban J connectivity index is 2.61. The van der Waals surface area contributed by atoms with Crippen LogP contribution >= 0.6 is 0 Å². The van der Waals surface area contributed by atoms with Crippen LogP contribution in [0.25, 0.3) is 0 Å². The van der Waals surface area contributed by atoms with E-state index in [1.807, 2.05) is 30.3 Å². The van der Waals surface area contributed by atoms with Gasteiger partial charge in [0, 0.05) is 19.6 Å². The Bertz CT molecular complexity index is 340.